The van der Waals surface area contributed by atoms with Crippen molar-refractivity contribution >= 4 is 34.8 Å². The zero-order valence-electron chi connectivity index (χ0n) is 19.5. The number of benzene rings is 1. The second-order valence-electron chi connectivity index (χ2n) is 9.56. The monoisotopic (exact) mass is 448 g/mol. The average molecular weight is 449 g/mol. The molecule has 1 aromatic carbocycles. The number of aromatic nitrogens is 1. The highest BCUT2D eigenvalue weighted by molar-refractivity contribution is 6.04. The Morgan fingerprint density at radius 2 is 1.85 bits per heavy atom. The van der Waals surface area contributed by atoms with Crippen LogP contribution in [-0.2, 0) is 4.79 Å². The Labute approximate surface area is 195 Å². The Kier molecular flexibility index (Phi) is 5.70. The van der Waals surface area contributed by atoms with Gasteiger partial charge in [-0.2, -0.15) is 0 Å². The predicted octanol–water partition coefficient (Wildman–Crippen LogP) is 2.98. The van der Waals surface area contributed by atoms with Crippen LogP contribution in [0.5, 0.6) is 0 Å². The molecular formula is C25H32N6O2. The molecule has 2 aromatic rings. The molecule has 1 saturated carbocycles. The summed E-state index contributed by atoms with van der Waals surface area (Å²) in [6, 6.07) is 11.7. The molecule has 2 fully saturated rings. The van der Waals surface area contributed by atoms with Gasteiger partial charge in [-0.1, -0.05) is 18.9 Å². The number of likely N-dealkylation sites (N-methyl/N-ethyl adjacent to an activating group) is 2. The Bertz CT molecular complexity index is 1060. The van der Waals surface area contributed by atoms with Crippen molar-refractivity contribution < 1.29 is 9.59 Å². The quantitative estimate of drug-likeness (QED) is 0.732. The van der Waals surface area contributed by atoms with Crippen LogP contribution in [0, 0.1) is 0 Å². The number of nitrogens with one attached hydrogen (secondary N) is 2. The molecule has 1 atom stereocenters. The van der Waals surface area contributed by atoms with E-state index >= 15 is 0 Å². The van der Waals surface area contributed by atoms with Gasteiger partial charge in [-0.3, -0.25) is 9.59 Å². The standard InChI is InChI=1S/C25H32N6O2/c1-16-25(33)30(3)21-11-12-22(28-23(21)31(16)20-9-4-5-10-20)26-18-8-6-7-17(13-18)24(32)27-19-14-29(2)15-19/h6-8,11-13,16,19-20H,4-5,9-10,14-15H2,1-3H3,(H,26,28)(H,27,32)/t16-/m1/s1. The van der Waals surface area contributed by atoms with Crippen molar-refractivity contribution in [1.29, 1.82) is 0 Å². The van der Waals surface area contributed by atoms with Crippen LogP contribution in [0.2, 0.25) is 0 Å². The number of hydrogen-bond acceptors (Lipinski definition) is 6. The van der Waals surface area contributed by atoms with Crippen molar-refractivity contribution in [1.82, 2.24) is 15.2 Å². The van der Waals surface area contributed by atoms with Crippen LogP contribution in [0.25, 0.3) is 0 Å². The molecule has 0 radical (unpaired) electrons. The highest BCUT2D eigenvalue weighted by Gasteiger charge is 2.39. The lowest BCUT2D eigenvalue weighted by atomic mass is 10.1. The maximum Gasteiger partial charge on any atom is 0.251 e. The van der Waals surface area contributed by atoms with Crippen LogP contribution >= 0.6 is 0 Å². The van der Waals surface area contributed by atoms with E-state index in [1.807, 2.05) is 57.4 Å². The van der Waals surface area contributed by atoms with Crippen LogP contribution in [0.15, 0.2) is 36.4 Å². The summed E-state index contributed by atoms with van der Waals surface area (Å²) in [5.74, 6) is 1.60. The number of anilines is 4. The van der Waals surface area contributed by atoms with Gasteiger partial charge in [-0.25, -0.2) is 4.98 Å². The number of amides is 2. The van der Waals surface area contributed by atoms with Gasteiger partial charge in [-0.15, -0.1) is 0 Å². The lowest BCUT2D eigenvalue weighted by Crippen LogP contribution is -2.57. The maximum absolute atomic E-state index is 12.9. The Morgan fingerprint density at radius 1 is 1.09 bits per heavy atom. The molecule has 2 N–H and O–H groups in total. The first-order valence-electron chi connectivity index (χ1n) is 11.8. The molecule has 8 nitrogen and oxygen atoms in total. The van der Waals surface area contributed by atoms with Gasteiger partial charge in [0, 0.05) is 37.4 Å². The summed E-state index contributed by atoms with van der Waals surface area (Å²) in [6.07, 6.45) is 4.57. The van der Waals surface area contributed by atoms with Crippen LogP contribution in [0.3, 0.4) is 0 Å². The third-order valence-corrected chi connectivity index (χ3v) is 7.08. The normalized spacial score (nSPS) is 21.7. The first kappa shape index (κ1) is 21.7. The summed E-state index contributed by atoms with van der Waals surface area (Å²) in [5.41, 5.74) is 2.27. The molecule has 0 spiro atoms. The van der Waals surface area contributed by atoms with Crippen molar-refractivity contribution in [3.63, 3.8) is 0 Å². The topological polar surface area (TPSA) is 80.8 Å². The molecule has 1 saturated heterocycles. The van der Waals surface area contributed by atoms with Crippen LogP contribution in [-0.4, -0.2) is 67.0 Å². The van der Waals surface area contributed by atoms with Crippen LogP contribution in [0.4, 0.5) is 23.0 Å². The number of pyridine rings is 1. The minimum absolute atomic E-state index is 0.0588. The molecule has 174 valence electrons. The third-order valence-electron chi connectivity index (χ3n) is 7.08. The van der Waals surface area contributed by atoms with Gasteiger partial charge in [0.2, 0.25) is 5.91 Å². The molecule has 0 unspecified atom stereocenters. The van der Waals surface area contributed by atoms with Gasteiger partial charge in [0.15, 0.2) is 5.82 Å². The summed E-state index contributed by atoms with van der Waals surface area (Å²) in [5, 5.41) is 6.44. The van der Waals surface area contributed by atoms with E-state index in [9.17, 15) is 9.59 Å². The fourth-order valence-corrected chi connectivity index (χ4v) is 5.28. The fourth-order valence-electron chi connectivity index (χ4n) is 5.28. The Balaban J connectivity index is 1.38. The summed E-state index contributed by atoms with van der Waals surface area (Å²) in [7, 11) is 3.86. The van der Waals surface area contributed by atoms with E-state index in [-0.39, 0.29) is 23.9 Å². The number of carbonyl (C=O) groups is 2. The molecule has 3 aliphatic rings. The van der Waals surface area contributed by atoms with E-state index in [0.29, 0.717) is 17.4 Å². The Morgan fingerprint density at radius 3 is 2.58 bits per heavy atom. The van der Waals surface area contributed by atoms with E-state index in [1.165, 1.54) is 12.8 Å². The molecule has 33 heavy (non-hydrogen) atoms. The van der Waals surface area contributed by atoms with E-state index in [4.69, 9.17) is 4.98 Å². The number of nitrogens with zero attached hydrogens (tertiary/aromatic N) is 4. The third kappa shape index (κ3) is 4.15. The van der Waals surface area contributed by atoms with Crippen molar-refractivity contribution in [2.24, 2.45) is 0 Å². The summed E-state index contributed by atoms with van der Waals surface area (Å²) >= 11 is 0. The van der Waals surface area contributed by atoms with Crippen molar-refractivity contribution in [3.05, 3.63) is 42.0 Å². The lowest BCUT2D eigenvalue weighted by Gasteiger charge is -2.42. The smallest absolute Gasteiger partial charge is 0.251 e. The number of fused-ring (bicyclic) bond motifs is 1. The molecular weight excluding hydrogens is 416 g/mol. The van der Waals surface area contributed by atoms with Crippen LogP contribution in [0.1, 0.15) is 43.0 Å². The molecule has 3 heterocycles. The highest BCUT2D eigenvalue weighted by atomic mass is 16.2. The molecule has 1 aromatic heterocycles. The summed E-state index contributed by atoms with van der Waals surface area (Å²) in [4.78, 5) is 36.5. The van der Waals surface area contributed by atoms with E-state index < -0.39 is 0 Å². The second-order valence-corrected chi connectivity index (χ2v) is 9.56. The first-order chi connectivity index (χ1) is 15.9. The van der Waals surface area contributed by atoms with Crippen molar-refractivity contribution in [2.45, 2.75) is 50.7 Å². The van der Waals surface area contributed by atoms with Gasteiger partial charge in [0.25, 0.3) is 5.91 Å². The maximum atomic E-state index is 12.9. The molecule has 2 amide bonds. The molecule has 5 rings (SSSR count). The Hall–Kier alpha value is -3.13. The van der Waals surface area contributed by atoms with E-state index in [2.05, 4.69) is 20.4 Å². The van der Waals surface area contributed by atoms with E-state index in [0.717, 1.165) is 43.1 Å². The molecule has 2 aliphatic heterocycles. The largest absolute Gasteiger partial charge is 0.347 e. The fraction of sp³-hybridized carbons (Fsp3) is 0.480. The number of carbonyl (C=O) groups excluding carboxylic acids is 2. The van der Waals surface area contributed by atoms with Gasteiger partial charge >= 0.3 is 0 Å². The first-order valence-corrected chi connectivity index (χ1v) is 11.8. The van der Waals surface area contributed by atoms with Crippen molar-refractivity contribution in [3.8, 4) is 0 Å². The number of rotatable bonds is 5. The van der Waals surface area contributed by atoms with Gasteiger partial charge < -0.3 is 25.3 Å². The zero-order chi connectivity index (χ0) is 23.1. The molecule has 8 heteroatoms. The van der Waals surface area contributed by atoms with Crippen LogP contribution < -0.4 is 20.4 Å². The van der Waals surface area contributed by atoms with Gasteiger partial charge in [-0.05, 0) is 57.1 Å². The number of likely N-dealkylation sites (tertiary alicyclic amines) is 1. The minimum Gasteiger partial charge on any atom is -0.347 e. The van der Waals surface area contributed by atoms with Crippen molar-refractivity contribution in [2.75, 3.05) is 42.3 Å². The van der Waals surface area contributed by atoms with Gasteiger partial charge in [0.1, 0.15) is 11.9 Å². The average Bonchev–Trinajstić information content (AvgIpc) is 3.31. The SMILES string of the molecule is C[C@@H]1C(=O)N(C)c2ccc(Nc3cccc(C(=O)NC4CN(C)C4)c3)nc2N1C1CCCC1. The summed E-state index contributed by atoms with van der Waals surface area (Å²) in [6.45, 7) is 3.75. The minimum atomic E-state index is -0.231. The van der Waals surface area contributed by atoms with E-state index in [1.54, 1.807) is 4.90 Å². The molecule has 0 bridgehead atoms. The lowest BCUT2D eigenvalue weighted by molar-refractivity contribution is -0.119. The zero-order valence-corrected chi connectivity index (χ0v) is 19.5. The molecule has 1 aliphatic carbocycles. The second kappa shape index (κ2) is 8.67. The number of hydrogen-bond donors (Lipinski definition) is 2. The summed E-state index contributed by atoms with van der Waals surface area (Å²) < 4.78 is 0. The van der Waals surface area contributed by atoms with Gasteiger partial charge in [0.05, 0.1) is 11.7 Å². The predicted molar refractivity (Wildman–Crippen MR) is 130 cm³/mol. The highest BCUT2D eigenvalue weighted by Crippen LogP contribution is 2.39.